The van der Waals surface area contributed by atoms with Gasteiger partial charge < -0.3 is 0 Å². The van der Waals surface area contributed by atoms with Crippen molar-refractivity contribution in [2.45, 2.75) is 28.8 Å². The normalized spacial score (nSPS) is 14.6. The molecular formula is C10HF13O3S. The maximum atomic E-state index is 13.7. The van der Waals surface area contributed by atoms with Crippen molar-refractivity contribution in [2.24, 2.45) is 0 Å². The third kappa shape index (κ3) is 3.19. The van der Waals surface area contributed by atoms with Crippen LogP contribution >= 0.6 is 0 Å². The lowest BCUT2D eigenvalue weighted by molar-refractivity contribution is -0.400. The predicted molar refractivity (Wildman–Crippen MR) is 55.9 cm³/mol. The first-order valence-electron chi connectivity index (χ1n) is 5.68. The van der Waals surface area contributed by atoms with Gasteiger partial charge in [0.1, 0.15) is 4.90 Å². The highest BCUT2D eigenvalue weighted by Gasteiger charge is 2.83. The molecule has 17 heteroatoms. The van der Waals surface area contributed by atoms with Crippen LogP contribution in [0.4, 0.5) is 57.1 Å². The Morgan fingerprint density at radius 2 is 1.00 bits per heavy atom. The first-order chi connectivity index (χ1) is 11.6. The van der Waals surface area contributed by atoms with E-state index in [4.69, 9.17) is 4.55 Å². The molecule has 1 aromatic carbocycles. The van der Waals surface area contributed by atoms with Crippen LogP contribution in [0.1, 0.15) is 5.56 Å². The molecule has 0 radical (unpaired) electrons. The molecule has 0 aliphatic rings. The zero-order chi connectivity index (χ0) is 22.0. The second-order valence-corrected chi connectivity index (χ2v) is 6.01. The van der Waals surface area contributed by atoms with Gasteiger partial charge in [0.15, 0.2) is 23.3 Å². The molecule has 0 fully saturated rings. The van der Waals surface area contributed by atoms with E-state index < -0.39 is 67.8 Å². The lowest BCUT2D eigenvalue weighted by atomic mass is 9.95. The van der Waals surface area contributed by atoms with Gasteiger partial charge in [-0.05, 0) is 0 Å². The van der Waals surface area contributed by atoms with Gasteiger partial charge in [0, 0.05) is 0 Å². The van der Waals surface area contributed by atoms with E-state index in [1.54, 1.807) is 0 Å². The highest BCUT2D eigenvalue weighted by molar-refractivity contribution is 7.85. The summed E-state index contributed by atoms with van der Waals surface area (Å²) in [4.78, 5) is -3.50. The van der Waals surface area contributed by atoms with Gasteiger partial charge in [-0.3, -0.25) is 4.55 Å². The van der Waals surface area contributed by atoms with Gasteiger partial charge in [0.25, 0.3) is 10.1 Å². The minimum absolute atomic E-state index is 3.27. The van der Waals surface area contributed by atoms with Crippen molar-refractivity contribution in [3.05, 3.63) is 28.8 Å². The van der Waals surface area contributed by atoms with Crippen molar-refractivity contribution in [3.63, 3.8) is 0 Å². The zero-order valence-corrected chi connectivity index (χ0v) is 12.4. The van der Waals surface area contributed by atoms with Gasteiger partial charge in [-0.1, -0.05) is 0 Å². The van der Waals surface area contributed by atoms with Crippen LogP contribution in [-0.2, 0) is 16.0 Å². The summed E-state index contributed by atoms with van der Waals surface area (Å²) >= 11 is 0. The molecule has 1 rings (SSSR count). The number of benzene rings is 1. The van der Waals surface area contributed by atoms with Gasteiger partial charge in [-0.15, -0.1) is 0 Å². The van der Waals surface area contributed by atoms with Crippen LogP contribution in [0, 0.1) is 23.3 Å². The molecule has 0 aliphatic carbocycles. The monoisotopic (exact) mass is 448 g/mol. The number of alkyl halides is 9. The Bertz CT molecular complexity index is 872. The zero-order valence-electron chi connectivity index (χ0n) is 11.6. The highest BCUT2D eigenvalue weighted by atomic mass is 32.2. The first kappa shape index (κ1) is 23.3. The van der Waals surface area contributed by atoms with Crippen LogP contribution in [0.15, 0.2) is 4.90 Å². The maximum absolute atomic E-state index is 13.7. The molecule has 156 valence electrons. The largest absolute Gasteiger partial charge is 0.460 e. The van der Waals surface area contributed by atoms with E-state index in [-0.39, 0.29) is 0 Å². The molecule has 0 unspecified atom stereocenters. The number of hydrogen-bond acceptors (Lipinski definition) is 2. The van der Waals surface area contributed by atoms with E-state index in [1.807, 2.05) is 0 Å². The fourth-order valence-corrected chi connectivity index (χ4v) is 2.46. The van der Waals surface area contributed by atoms with Crippen molar-refractivity contribution in [1.29, 1.82) is 0 Å². The Kier molecular flexibility index (Phi) is 5.27. The van der Waals surface area contributed by atoms with Crippen LogP contribution in [0.3, 0.4) is 0 Å². The van der Waals surface area contributed by atoms with Crippen LogP contribution < -0.4 is 0 Å². The lowest BCUT2D eigenvalue weighted by Crippen LogP contribution is -2.60. The molecule has 1 aromatic rings. The quantitative estimate of drug-likeness (QED) is 0.322. The van der Waals surface area contributed by atoms with Crippen molar-refractivity contribution in [3.8, 4) is 0 Å². The third-order valence-electron chi connectivity index (χ3n) is 2.94. The van der Waals surface area contributed by atoms with E-state index in [0.717, 1.165) is 0 Å². The Morgan fingerprint density at radius 3 is 1.33 bits per heavy atom. The Hall–Kier alpha value is -1.78. The van der Waals surface area contributed by atoms with Crippen molar-refractivity contribution >= 4 is 10.1 Å². The van der Waals surface area contributed by atoms with Crippen molar-refractivity contribution < 1.29 is 70.0 Å². The van der Waals surface area contributed by atoms with Crippen molar-refractivity contribution in [2.75, 3.05) is 0 Å². The molecule has 0 atom stereocenters. The van der Waals surface area contributed by atoms with E-state index in [2.05, 4.69) is 0 Å². The Labute approximate surface area is 139 Å². The van der Waals surface area contributed by atoms with Crippen LogP contribution in [0.25, 0.3) is 0 Å². The Morgan fingerprint density at radius 1 is 0.630 bits per heavy atom. The summed E-state index contributed by atoms with van der Waals surface area (Å²) in [6.07, 6.45) is -7.44. The molecule has 0 aromatic heterocycles. The summed E-state index contributed by atoms with van der Waals surface area (Å²) in [6, 6.07) is 0. The van der Waals surface area contributed by atoms with Gasteiger partial charge in [0.05, 0.1) is 5.56 Å². The Balaban J connectivity index is 4.11. The number of hydrogen-bond donors (Lipinski definition) is 1. The molecule has 0 bridgehead atoms. The first-order valence-corrected chi connectivity index (χ1v) is 7.12. The summed E-state index contributed by atoms with van der Waals surface area (Å²) < 4.78 is 198. The summed E-state index contributed by atoms with van der Waals surface area (Å²) in [5, 5.41) is 0. The average molecular weight is 448 g/mol. The van der Waals surface area contributed by atoms with Gasteiger partial charge in [-0.25, -0.2) is 17.6 Å². The van der Waals surface area contributed by atoms with E-state index in [1.165, 1.54) is 0 Å². The minimum Gasteiger partial charge on any atom is -0.282 e. The molecule has 0 heterocycles. The summed E-state index contributed by atoms with van der Waals surface area (Å²) in [7, 11) is -6.71. The number of halogens is 13. The smallest absolute Gasteiger partial charge is 0.282 e. The molecule has 0 amide bonds. The minimum atomic E-state index is -7.75. The van der Waals surface area contributed by atoms with E-state index >= 15 is 0 Å². The molecule has 0 saturated heterocycles. The maximum Gasteiger partial charge on any atom is 0.460 e. The fourth-order valence-electron chi connectivity index (χ4n) is 1.67. The SMILES string of the molecule is O=S(=O)(O)c1c(F)c(F)c(F)c(F)c1C(F)(F)C(F)(F)C(F)(F)C(F)(F)F. The second kappa shape index (κ2) is 6.11. The van der Waals surface area contributed by atoms with Crippen molar-refractivity contribution in [1.82, 2.24) is 0 Å². The molecule has 0 aliphatic heterocycles. The lowest BCUT2D eigenvalue weighted by Gasteiger charge is -2.34. The topological polar surface area (TPSA) is 54.4 Å². The average Bonchev–Trinajstić information content (AvgIpc) is 2.45. The van der Waals surface area contributed by atoms with Crippen LogP contribution in [-0.4, -0.2) is 31.0 Å². The molecule has 27 heavy (non-hydrogen) atoms. The summed E-state index contributed by atoms with van der Waals surface area (Å²) in [6.45, 7) is 0. The second-order valence-electron chi connectivity index (χ2n) is 4.66. The molecule has 0 saturated carbocycles. The van der Waals surface area contributed by atoms with Crippen LogP contribution in [0.5, 0.6) is 0 Å². The van der Waals surface area contributed by atoms with E-state index in [0.29, 0.717) is 0 Å². The number of rotatable bonds is 4. The van der Waals surface area contributed by atoms with E-state index in [9.17, 15) is 65.5 Å². The van der Waals surface area contributed by atoms with Gasteiger partial charge in [-0.2, -0.15) is 47.9 Å². The molecule has 1 N–H and O–H groups in total. The standard InChI is InChI=1S/C10HF13O3S/c11-2-1(6(27(24,25)26)5(14)4(13)3(2)12)7(15,16)8(17,18)9(19,20)10(21,22)23/h(H,24,25,26). The molecule has 3 nitrogen and oxygen atoms in total. The predicted octanol–water partition coefficient (Wildman–Crippen LogP) is 4.41. The fraction of sp³-hybridized carbons (Fsp3) is 0.400. The third-order valence-corrected chi connectivity index (χ3v) is 3.84. The highest BCUT2D eigenvalue weighted by Crippen LogP contribution is 2.58. The van der Waals surface area contributed by atoms with Gasteiger partial charge in [0.2, 0.25) is 0 Å². The summed E-state index contributed by atoms with van der Waals surface area (Å²) in [5.41, 5.74) is -3.98. The molecular weight excluding hydrogens is 447 g/mol. The van der Waals surface area contributed by atoms with Gasteiger partial charge >= 0.3 is 23.9 Å². The van der Waals surface area contributed by atoms with Crippen LogP contribution in [0.2, 0.25) is 0 Å². The summed E-state index contributed by atoms with van der Waals surface area (Å²) in [5.74, 6) is -36.7. The molecule has 0 spiro atoms.